The average molecular weight is 359 g/mol. The number of nitrogens with zero attached hydrogens (tertiary/aromatic N) is 1. The molecule has 0 N–H and O–H groups in total. The Labute approximate surface area is 154 Å². The minimum absolute atomic E-state index is 0.0654. The molecule has 2 rings (SSSR count). The lowest BCUT2D eigenvalue weighted by atomic mass is 9.83. The fourth-order valence-corrected chi connectivity index (χ4v) is 2.83. The van der Waals surface area contributed by atoms with E-state index in [2.05, 4.69) is 0 Å². The van der Waals surface area contributed by atoms with E-state index < -0.39 is 17.9 Å². The van der Waals surface area contributed by atoms with Crippen LogP contribution in [0.2, 0.25) is 0 Å². The third kappa shape index (κ3) is 4.07. The average Bonchev–Trinajstić information content (AvgIpc) is 2.66. The maximum atomic E-state index is 12.4. The van der Waals surface area contributed by atoms with Crippen molar-refractivity contribution in [2.24, 2.45) is 0 Å². The summed E-state index contributed by atoms with van der Waals surface area (Å²) in [5.74, 6) is -0.809. The lowest BCUT2D eigenvalue weighted by Crippen LogP contribution is -2.31. The number of carbonyl (C=O) groups excluding carboxylic acids is 2. The van der Waals surface area contributed by atoms with Gasteiger partial charge in [0.25, 0.3) is 0 Å². The predicted molar refractivity (Wildman–Crippen MR) is 97.5 cm³/mol. The molecule has 6 heteroatoms. The highest BCUT2D eigenvalue weighted by molar-refractivity contribution is 5.98. The van der Waals surface area contributed by atoms with Crippen LogP contribution in [-0.4, -0.2) is 43.7 Å². The van der Waals surface area contributed by atoms with Crippen LogP contribution in [0.4, 0.5) is 0 Å². The fourth-order valence-electron chi connectivity index (χ4n) is 2.83. The normalized spacial score (nSPS) is 14.6. The van der Waals surface area contributed by atoms with Crippen LogP contribution in [0.5, 0.6) is 5.75 Å². The first-order chi connectivity index (χ1) is 12.4. The lowest BCUT2D eigenvalue weighted by molar-refractivity contribution is -0.137. The summed E-state index contributed by atoms with van der Waals surface area (Å²) in [5, 5.41) is 0. The first-order valence-corrected chi connectivity index (χ1v) is 8.53. The van der Waals surface area contributed by atoms with Gasteiger partial charge < -0.3 is 19.1 Å². The standard InChI is InChI=1S/C20H25NO5/c1-6-26-15-9-7-14(8-10-15)18-16(19(22)24-4)11-21(13(2)3)12-17(18)20(23)25-5/h7-13,18H,6H2,1-5H3. The molecule has 1 heterocycles. The van der Waals surface area contributed by atoms with Gasteiger partial charge in [0.1, 0.15) is 5.75 Å². The third-order valence-electron chi connectivity index (χ3n) is 4.16. The van der Waals surface area contributed by atoms with Crippen molar-refractivity contribution in [3.8, 4) is 5.75 Å². The number of hydrogen-bond acceptors (Lipinski definition) is 6. The number of esters is 2. The molecule has 0 saturated carbocycles. The van der Waals surface area contributed by atoms with Gasteiger partial charge in [-0.1, -0.05) is 12.1 Å². The zero-order chi connectivity index (χ0) is 19.3. The van der Waals surface area contributed by atoms with Crippen molar-refractivity contribution in [3.63, 3.8) is 0 Å². The SMILES string of the molecule is CCOc1ccc(C2C(C(=O)OC)=CN(C(C)C)C=C2C(=O)OC)cc1. The molecule has 140 valence electrons. The summed E-state index contributed by atoms with van der Waals surface area (Å²) in [4.78, 5) is 26.7. The fraction of sp³-hybridized carbons (Fsp3) is 0.400. The van der Waals surface area contributed by atoms with Gasteiger partial charge in [0, 0.05) is 18.4 Å². The van der Waals surface area contributed by atoms with E-state index in [1.54, 1.807) is 12.4 Å². The van der Waals surface area contributed by atoms with Crippen LogP contribution < -0.4 is 4.74 Å². The van der Waals surface area contributed by atoms with E-state index in [1.807, 2.05) is 49.9 Å². The Hall–Kier alpha value is -2.76. The van der Waals surface area contributed by atoms with Gasteiger partial charge in [0.05, 0.1) is 37.9 Å². The summed E-state index contributed by atoms with van der Waals surface area (Å²) in [6.07, 6.45) is 3.45. The van der Waals surface area contributed by atoms with Crippen molar-refractivity contribution in [2.45, 2.75) is 32.7 Å². The van der Waals surface area contributed by atoms with Crippen molar-refractivity contribution in [1.29, 1.82) is 0 Å². The number of methoxy groups -OCH3 is 2. The van der Waals surface area contributed by atoms with Gasteiger partial charge in [-0.15, -0.1) is 0 Å². The van der Waals surface area contributed by atoms with Gasteiger partial charge in [0.2, 0.25) is 0 Å². The molecule has 0 fully saturated rings. The molecule has 6 nitrogen and oxygen atoms in total. The highest BCUT2D eigenvalue weighted by atomic mass is 16.5. The van der Waals surface area contributed by atoms with E-state index in [0.717, 1.165) is 11.3 Å². The van der Waals surface area contributed by atoms with E-state index in [1.165, 1.54) is 14.2 Å². The van der Waals surface area contributed by atoms with Gasteiger partial charge in [0.15, 0.2) is 0 Å². The Morgan fingerprint density at radius 3 is 1.88 bits per heavy atom. The topological polar surface area (TPSA) is 65.1 Å². The first-order valence-electron chi connectivity index (χ1n) is 8.53. The monoisotopic (exact) mass is 359 g/mol. The van der Waals surface area contributed by atoms with Gasteiger partial charge in [-0.2, -0.15) is 0 Å². The summed E-state index contributed by atoms with van der Waals surface area (Å²) in [6.45, 7) is 6.40. The molecule has 1 aromatic rings. The van der Waals surface area contributed by atoms with Crippen LogP contribution >= 0.6 is 0 Å². The molecule has 0 bridgehead atoms. The zero-order valence-corrected chi connectivity index (χ0v) is 15.8. The summed E-state index contributed by atoms with van der Waals surface area (Å²) in [7, 11) is 2.66. The number of rotatable bonds is 6. The summed E-state index contributed by atoms with van der Waals surface area (Å²) < 4.78 is 15.4. The van der Waals surface area contributed by atoms with Crippen molar-refractivity contribution in [2.75, 3.05) is 20.8 Å². The molecule has 0 aliphatic carbocycles. The summed E-state index contributed by atoms with van der Waals surface area (Å²) >= 11 is 0. The second kappa shape index (κ2) is 8.56. The molecule has 0 spiro atoms. The first kappa shape index (κ1) is 19.6. The van der Waals surface area contributed by atoms with E-state index in [9.17, 15) is 9.59 Å². The van der Waals surface area contributed by atoms with Crippen molar-refractivity contribution < 1.29 is 23.8 Å². The molecule has 0 amide bonds. The van der Waals surface area contributed by atoms with Crippen molar-refractivity contribution in [3.05, 3.63) is 53.4 Å². The van der Waals surface area contributed by atoms with Crippen LogP contribution in [0.25, 0.3) is 0 Å². The largest absolute Gasteiger partial charge is 0.494 e. The predicted octanol–water partition coefficient (Wildman–Crippen LogP) is 3.01. The second-order valence-electron chi connectivity index (χ2n) is 6.13. The minimum Gasteiger partial charge on any atom is -0.494 e. The molecule has 0 unspecified atom stereocenters. The Bertz CT molecular complexity index is 684. The van der Waals surface area contributed by atoms with Gasteiger partial charge in [-0.3, -0.25) is 0 Å². The Morgan fingerprint density at radius 2 is 1.50 bits per heavy atom. The minimum atomic E-state index is -0.569. The van der Waals surface area contributed by atoms with Gasteiger partial charge in [-0.05, 0) is 38.5 Å². The highest BCUT2D eigenvalue weighted by Crippen LogP contribution is 2.38. The quantitative estimate of drug-likeness (QED) is 0.728. The molecule has 0 aromatic heterocycles. The molecule has 26 heavy (non-hydrogen) atoms. The van der Waals surface area contributed by atoms with Crippen LogP contribution in [0.3, 0.4) is 0 Å². The van der Waals surface area contributed by atoms with Crippen molar-refractivity contribution in [1.82, 2.24) is 4.90 Å². The second-order valence-corrected chi connectivity index (χ2v) is 6.13. The van der Waals surface area contributed by atoms with E-state index >= 15 is 0 Å². The molecular formula is C20H25NO5. The number of carbonyl (C=O) groups is 2. The Kier molecular flexibility index (Phi) is 6.44. The van der Waals surface area contributed by atoms with Gasteiger partial charge >= 0.3 is 11.9 Å². The van der Waals surface area contributed by atoms with Crippen LogP contribution in [0.15, 0.2) is 47.8 Å². The van der Waals surface area contributed by atoms with E-state index in [-0.39, 0.29) is 6.04 Å². The molecule has 1 aliphatic rings. The third-order valence-corrected chi connectivity index (χ3v) is 4.16. The number of hydrogen-bond donors (Lipinski definition) is 0. The molecule has 0 saturated heterocycles. The summed E-state index contributed by atoms with van der Waals surface area (Å²) in [5.41, 5.74) is 1.55. The van der Waals surface area contributed by atoms with Crippen LogP contribution in [0, 0.1) is 0 Å². The van der Waals surface area contributed by atoms with E-state index in [0.29, 0.717) is 17.8 Å². The smallest absolute Gasteiger partial charge is 0.336 e. The maximum Gasteiger partial charge on any atom is 0.336 e. The van der Waals surface area contributed by atoms with Crippen LogP contribution in [-0.2, 0) is 19.1 Å². The van der Waals surface area contributed by atoms with Crippen LogP contribution in [0.1, 0.15) is 32.3 Å². The zero-order valence-electron chi connectivity index (χ0n) is 15.8. The molecule has 1 aromatic carbocycles. The highest BCUT2D eigenvalue weighted by Gasteiger charge is 2.35. The molecule has 1 aliphatic heterocycles. The number of ether oxygens (including phenoxy) is 3. The molecular weight excluding hydrogens is 334 g/mol. The van der Waals surface area contributed by atoms with E-state index in [4.69, 9.17) is 14.2 Å². The molecule has 0 radical (unpaired) electrons. The summed E-state index contributed by atoms with van der Waals surface area (Å²) in [6, 6.07) is 7.38. The number of benzene rings is 1. The lowest BCUT2D eigenvalue weighted by Gasteiger charge is -2.32. The molecule has 0 atom stereocenters. The van der Waals surface area contributed by atoms with Crippen molar-refractivity contribution >= 4 is 11.9 Å². The Balaban J connectivity index is 2.54. The maximum absolute atomic E-state index is 12.4. The Morgan fingerprint density at radius 1 is 1.00 bits per heavy atom. The van der Waals surface area contributed by atoms with Gasteiger partial charge in [-0.25, -0.2) is 9.59 Å².